The molecule has 2 unspecified atom stereocenters. The third-order valence-corrected chi connectivity index (χ3v) is 3.57. The predicted molar refractivity (Wildman–Crippen MR) is 66.8 cm³/mol. The Balaban J connectivity index is 2.15. The molecule has 0 aliphatic carbocycles. The van der Waals surface area contributed by atoms with E-state index < -0.39 is 17.6 Å². The second-order valence-electron chi connectivity index (χ2n) is 4.95. The highest BCUT2D eigenvalue weighted by Gasteiger charge is 2.34. The van der Waals surface area contributed by atoms with Gasteiger partial charge in [0.05, 0.1) is 11.7 Å². The first-order valence-electron chi connectivity index (χ1n) is 6.57. The van der Waals surface area contributed by atoms with Crippen LogP contribution >= 0.6 is 0 Å². The second kappa shape index (κ2) is 6.10. The summed E-state index contributed by atoms with van der Waals surface area (Å²) in [5, 5.41) is 3.00. The molecule has 0 radical (unpaired) electrons. The van der Waals surface area contributed by atoms with Crippen LogP contribution < -0.4 is 5.32 Å². The minimum Gasteiger partial charge on any atom is -0.378 e. The summed E-state index contributed by atoms with van der Waals surface area (Å²) in [4.78, 5) is 0. The Bertz CT molecular complexity index is 455. The maximum atomic E-state index is 13.6. The van der Waals surface area contributed by atoms with Crippen LogP contribution in [0.1, 0.15) is 36.4 Å². The van der Waals surface area contributed by atoms with Crippen LogP contribution in [0.3, 0.4) is 0 Å². The maximum Gasteiger partial charge on any atom is 0.419 e. The van der Waals surface area contributed by atoms with Gasteiger partial charge in [0.15, 0.2) is 0 Å². The Morgan fingerprint density at radius 3 is 2.65 bits per heavy atom. The lowest BCUT2D eigenvalue weighted by Gasteiger charge is -2.21. The highest BCUT2D eigenvalue weighted by molar-refractivity contribution is 5.28. The quantitative estimate of drug-likeness (QED) is 0.855. The van der Waals surface area contributed by atoms with Gasteiger partial charge in [0.2, 0.25) is 0 Å². The van der Waals surface area contributed by atoms with Crippen molar-refractivity contribution in [2.45, 2.75) is 37.6 Å². The standard InChI is InChI=1S/C14H17F4NO/c1-19-13(8-10-3-2-6-20-10)9-4-5-11(12(15)7-9)14(16,17)18/h4-5,7,10,13,19H,2-3,6,8H2,1H3. The fourth-order valence-electron chi connectivity index (χ4n) is 2.49. The maximum absolute atomic E-state index is 13.6. The van der Waals surface area contributed by atoms with Gasteiger partial charge in [-0.1, -0.05) is 6.07 Å². The van der Waals surface area contributed by atoms with Crippen LogP contribution in [0.2, 0.25) is 0 Å². The number of halogens is 4. The van der Waals surface area contributed by atoms with E-state index in [-0.39, 0.29) is 12.1 Å². The van der Waals surface area contributed by atoms with Crippen LogP contribution in [0, 0.1) is 5.82 Å². The van der Waals surface area contributed by atoms with Crippen molar-refractivity contribution >= 4 is 0 Å². The van der Waals surface area contributed by atoms with Crippen molar-refractivity contribution in [2.24, 2.45) is 0 Å². The number of benzene rings is 1. The Kier molecular flexibility index (Phi) is 4.65. The van der Waals surface area contributed by atoms with E-state index in [1.54, 1.807) is 7.05 Å². The topological polar surface area (TPSA) is 21.3 Å². The van der Waals surface area contributed by atoms with Crippen LogP contribution in [0.5, 0.6) is 0 Å². The average Bonchev–Trinajstić information content (AvgIpc) is 2.87. The van der Waals surface area contributed by atoms with E-state index in [1.807, 2.05) is 0 Å². The molecule has 0 amide bonds. The van der Waals surface area contributed by atoms with Crippen molar-refractivity contribution in [3.63, 3.8) is 0 Å². The number of hydrogen-bond acceptors (Lipinski definition) is 2. The molecule has 1 heterocycles. The summed E-state index contributed by atoms with van der Waals surface area (Å²) in [7, 11) is 1.70. The molecule has 1 saturated heterocycles. The van der Waals surface area contributed by atoms with E-state index >= 15 is 0 Å². The van der Waals surface area contributed by atoms with Crippen molar-refractivity contribution in [3.8, 4) is 0 Å². The minimum absolute atomic E-state index is 0.0813. The van der Waals surface area contributed by atoms with Crippen LogP contribution in [-0.2, 0) is 10.9 Å². The van der Waals surface area contributed by atoms with Crippen molar-refractivity contribution in [2.75, 3.05) is 13.7 Å². The highest BCUT2D eigenvalue weighted by atomic mass is 19.4. The third-order valence-electron chi connectivity index (χ3n) is 3.57. The van der Waals surface area contributed by atoms with Gasteiger partial charge in [0.25, 0.3) is 0 Å². The molecule has 0 aromatic heterocycles. The molecule has 0 saturated carbocycles. The fraction of sp³-hybridized carbons (Fsp3) is 0.571. The van der Waals surface area contributed by atoms with Gasteiger partial charge in [0, 0.05) is 12.6 Å². The largest absolute Gasteiger partial charge is 0.419 e. The van der Waals surface area contributed by atoms with Gasteiger partial charge in [-0.15, -0.1) is 0 Å². The summed E-state index contributed by atoms with van der Waals surface area (Å²) in [6.07, 6.45) is -2.03. The molecule has 112 valence electrons. The molecule has 0 spiro atoms. The minimum atomic E-state index is -4.66. The molecule has 2 rings (SSSR count). The number of hydrogen-bond donors (Lipinski definition) is 1. The summed E-state index contributed by atoms with van der Waals surface area (Å²) in [6.45, 7) is 0.711. The lowest BCUT2D eigenvalue weighted by Crippen LogP contribution is -2.22. The number of rotatable bonds is 4. The van der Waals surface area contributed by atoms with E-state index in [1.165, 1.54) is 6.07 Å². The molecule has 1 N–H and O–H groups in total. The van der Waals surface area contributed by atoms with E-state index in [0.29, 0.717) is 18.6 Å². The molecule has 1 fully saturated rings. The average molecular weight is 291 g/mol. The molecule has 0 bridgehead atoms. The van der Waals surface area contributed by atoms with E-state index in [9.17, 15) is 17.6 Å². The fourth-order valence-corrected chi connectivity index (χ4v) is 2.49. The Morgan fingerprint density at radius 2 is 2.15 bits per heavy atom. The van der Waals surface area contributed by atoms with Crippen molar-refractivity contribution in [3.05, 3.63) is 35.1 Å². The van der Waals surface area contributed by atoms with Gasteiger partial charge in [-0.25, -0.2) is 4.39 Å². The first-order chi connectivity index (χ1) is 9.41. The van der Waals surface area contributed by atoms with E-state index in [2.05, 4.69) is 5.32 Å². The van der Waals surface area contributed by atoms with Gasteiger partial charge < -0.3 is 10.1 Å². The summed E-state index contributed by atoms with van der Waals surface area (Å²) in [5.41, 5.74) is -0.721. The molecule has 1 aliphatic rings. The van der Waals surface area contributed by atoms with Crippen molar-refractivity contribution in [1.29, 1.82) is 0 Å². The van der Waals surface area contributed by atoms with Gasteiger partial charge in [-0.05, 0) is 44.0 Å². The second-order valence-corrected chi connectivity index (χ2v) is 4.95. The van der Waals surface area contributed by atoms with Gasteiger partial charge in [-0.2, -0.15) is 13.2 Å². The zero-order chi connectivity index (χ0) is 14.8. The summed E-state index contributed by atoms with van der Waals surface area (Å²) in [5.74, 6) is -1.23. The lowest BCUT2D eigenvalue weighted by molar-refractivity contribution is -0.140. The van der Waals surface area contributed by atoms with Crippen molar-refractivity contribution < 1.29 is 22.3 Å². The normalized spacial score (nSPS) is 21.1. The Hall–Kier alpha value is -1.14. The molecule has 1 aromatic rings. The monoisotopic (exact) mass is 291 g/mol. The van der Waals surface area contributed by atoms with E-state index in [4.69, 9.17) is 4.74 Å². The number of nitrogens with one attached hydrogen (secondary N) is 1. The number of ether oxygens (including phenoxy) is 1. The van der Waals surface area contributed by atoms with Crippen LogP contribution in [0.4, 0.5) is 17.6 Å². The zero-order valence-corrected chi connectivity index (χ0v) is 11.1. The predicted octanol–water partition coefficient (Wildman–Crippen LogP) is 3.67. The highest BCUT2D eigenvalue weighted by Crippen LogP contribution is 2.33. The molecule has 1 aliphatic heterocycles. The summed E-state index contributed by atoms with van der Waals surface area (Å²) < 4.78 is 56.6. The van der Waals surface area contributed by atoms with Crippen LogP contribution in [0.25, 0.3) is 0 Å². The first kappa shape index (κ1) is 15.3. The van der Waals surface area contributed by atoms with Crippen LogP contribution in [-0.4, -0.2) is 19.8 Å². The summed E-state index contributed by atoms with van der Waals surface area (Å²) in [6, 6.07) is 2.86. The van der Waals surface area contributed by atoms with Gasteiger partial charge in [-0.3, -0.25) is 0 Å². The van der Waals surface area contributed by atoms with E-state index in [0.717, 1.165) is 25.0 Å². The zero-order valence-electron chi connectivity index (χ0n) is 11.1. The molecule has 6 heteroatoms. The smallest absolute Gasteiger partial charge is 0.378 e. The third kappa shape index (κ3) is 3.49. The van der Waals surface area contributed by atoms with Gasteiger partial charge >= 0.3 is 6.18 Å². The molecule has 1 aromatic carbocycles. The first-order valence-corrected chi connectivity index (χ1v) is 6.57. The molecular weight excluding hydrogens is 274 g/mol. The summed E-state index contributed by atoms with van der Waals surface area (Å²) >= 11 is 0. The van der Waals surface area contributed by atoms with Gasteiger partial charge in [0.1, 0.15) is 5.82 Å². The molecule has 2 atom stereocenters. The Labute approximate surface area is 115 Å². The Morgan fingerprint density at radius 1 is 1.40 bits per heavy atom. The molecule has 2 nitrogen and oxygen atoms in total. The van der Waals surface area contributed by atoms with Crippen LogP contribution in [0.15, 0.2) is 18.2 Å². The molecular formula is C14H17F4NO. The SMILES string of the molecule is CNC(CC1CCCO1)c1ccc(C(F)(F)F)c(F)c1. The number of alkyl halides is 3. The molecule has 20 heavy (non-hydrogen) atoms. The lowest BCUT2D eigenvalue weighted by atomic mass is 9.98. The van der Waals surface area contributed by atoms with Crippen molar-refractivity contribution in [1.82, 2.24) is 5.32 Å².